The minimum absolute atomic E-state index is 0.0891. The van der Waals surface area contributed by atoms with Crippen molar-refractivity contribution in [3.8, 4) is 0 Å². The van der Waals surface area contributed by atoms with E-state index < -0.39 is 0 Å². The Morgan fingerprint density at radius 1 is 1.18 bits per heavy atom. The summed E-state index contributed by atoms with van der Waals surface area (Å²) in [5, 5.41) is 3.06. The van der Waals surface area contributed by atoms with Crippen molar-refractivity contribution in [1.29, 1.82) is 0 Å². The maximum Gasteiger partial charge on any atom is 0.254 e. The molecule has 2 aromatic rings. The Balaban J connectivity index is 1.38. The molecule has 1 fully saturated rings. The van der Waals surface area contributed by atoms with Crippen LogP contribution in [0.25, 0.3) is 0 Å². The Labute approximate surface area is 165 Å². The van der Waals surface area contributed by atoms with Gasteiger partial charge in [-0.2, -0.15) is 0 Å². The maximum absolute atomic E-state index is 12.8. The standard InChI is InChI=1S/C22H28N4O2/c27-20(24-11-13-25-12-10-23-17-25)14-22(8-4-1-5-9-22)16-26-15-18-6-2-3-7-19(18)21(26)28/h2-3,6-7,10,12,17H,1,4-5,8-9,11,13-16H2,(H,24,27). The molecule has 0 unspecified atom stereocenters. The third kappa shape index (κ3) is 4.11. The number of carbonyl (C=O) groups is 2. The first-order chi connectivity index (χ1) is 13.7. The second-order valence-electron chi connectivity index (χ2n) is 8.21. The summed E-state index contributed by atoms with van der Waals surface area (Å²) in [5.41, 5.74) is 1.82. The second-order valence-corrected chi connectivity index (χ2v) is 8.21. The van der Waals surface area contributed by atoms with Gasteiger partial charge in [-0.05, 0) is 29.9 Å². The van der Waals surface area contributed by atoms with Gasteiger partial charge in [0.15, 0.2) is 0 Å². The van der Waals surface area contributed by atoms with Crippen molar-refractivity contribution >= 4 is 11.8 Å². The normalized spacial score (nSPS) is 18.1. The van der Waals surface area contributed by atoms with E-state index in [4.69, 9.17) is 0 Å². The number of hydrogen-bond donors (Lipinski definition) is 1. The van der Waals surface area contributed by atoms with Gasteiger partial charge in [0.2, 0.25) is 5.91 Å². The summed E-state index contributed by atoms with van der Waals surface area (Å²) in [5.74, 6) is 0.201. The molecular formula is C22H28N4O2. The number of rotatable bonds is 7. The van der Waals surface area contributed by atoms with E-state index in [-0.39, 0.29) is 17.2 Å². The van der Waals surface area contributed by atoms with Gasteiger partial charge in [-0.3, -0.25) is 9.59 Å². The van der Waals surface area contributed by atoms with Crippen LogP contribution in [0.15, 0.2) is 43.0 Å². The summed E-state index contributed by atoms with van der Waals surface area (Å²) in [6, 6.07) is 7.85. The molecule has 2 amide bonds. The van der Waals surface area contributed by atoms with Crippen LogP contribution in [0.2, 0.25) is 0 Å². The number of carbonyl (C=O) groups excluding carboxylic acids is 2. The lowest BCUT2D eigenvalue weighted by Crippen LogP contribution is -2.43. The zero-order chi connectivity index (χ0) is 19.4. The summed E-state index contributed by atoms with van der Waals surface area (Å²) < 4.78 is 1.96. The van der Waals surface area contributed by atoms with Gasteiger partial charge in [0.05, 0.1) is 6.33 Å². The molecule has 4 rings (SSSR count). The minimum atomic E-state index is -0.102. The van der Waals surface area contributed by atoms with Gasteiger partial charge in [0.25, 0.3) is 5.91 Å². The van der Waals surface area contributed by atoms with Crippen LogP contribution in [-0.4, -0.2) is 39.4 Å². The molecule has 0 bridgehead atoms. The number of nitrogens with zero attached hydrogens (tertiary/aromatic N) is 3. The number of imidazole rings is 1. The summed E-state index contributed by atoms with van der Waals surface area (Å²) >= 11 is 0. The fourth-order valence-corrected chi connectivity index (χ4v) is 4.69. The lowest BCUT2D eigenvalue weighted by Gasteiger charge is -2.39. The SMILES string of the molecule is O=C(CC1(CN2Cc3ccccc3C2=O)CCCCC1)NCCn1ccnc1. The number of hydrogen-bond acceptors (Lipinski definition) is 3. The lowest BCUT2D eigenvalue weighted by molar-refractivity contribution is -0.124. The molecule has 6 heteroatoms. The second kappa shape index (κ2) is 8.17. The van der Waals surface area contributed by atoms with Crippen LogP contribution in [0.3, 0.4) is 0 Å². The van der Waals surface area contributed by atoms with Gasteiger partial charge in [0, 0.05) is 50.6 Å². The van der Waals surface area contributed by atoms with E-state index in [0.717, 1.165) is 43.4 Å². The summed E-state index contributed by atoms with van der Waals surface area (Å²) in [6.07, 6.45) is 11.4. The molecule has 28 heavy (non-hydrogen) atoms. The van der Waals surface area contributed by atoms with E-state index in [9.17, 15) is 9.59 Å². The molecule has 1 aromatic heterocycles. The highest BCUT2D eigenvalue weighted by atomic mass is 16.2. The van der Waals surface area contributed by atoms with Gasteiger partial charge in [0.1, 0.15) is 0 Å². The van der Waals surface area contributed by atoms with Gasteiger partial charge in [-0.15, -0.1) is 0 Å². The van der Waals surface area contributed by atoms with Gasteiger partial charge in [-0.1, -0.05) is 37.5 Å². The number of nitrogens with one attached hydrogen (secondary N) is 1. The van der Waals surface area contributed by atoms with Crippen LogP contribution in [0.1, 0.15) is 54.4 Å². The quantitative estimate of drug-likeness (QED) is 0.803. The van der Waals surface area contributed by atoms with Crippen molar-refractivity contribution in [3.05, 3.63) is 54.1 Å². The molecule has 1 saturated carbocycles. The van der Waals surface area contributed by atoms with Gasteiger partial charge >= 0.3 is 0 Å². The molecule has 0 radical (unpaired) electrons. The van der Waals surface area contributed by atoms with Crippen LogP contribution in [-0.2, 0) is 17.9 Å². The molecule has 0 spiro atoms. The van der Waals surface area contributed by atoms with Crippen molar-refractivity contribution in [3.63, 3.8) is 0 Å². The zero-order valence-electron chi connectivity index (χ0n) is 16.3. The van der Waals surface area contributed by atoms with E-state index in [1.807, 2.05) is 39.9 Å². The molecule has 0 atom stereocenters. The smallest absolute Gasteiger partial charge is 0.254 e. The number of fused-ring (bicyclic) bond motifs is 1. The molecule has 1 N–H and O–H groups in total. The highest BCUT2D eigenvalue weighted by Gasteiger charge is 2.39. The third-order valence-electron chi connectivity index (χ3n) is 6.12. The van der Waals surface area contributed by atoms with E-state index in [0.29, 0.717) is 26.1 Å². The highest BCUT2D eigenvalue weighted by Crippen LogP contribution is 2.41. The number of aromatic nitrogens is 2. The van der Waals surface area contributed by atoms with Crippen molar-refractivity contribution in [2.45, 2.75) is 51.6 Å². The van der Waals surface area contributed by atoms with Gasteiger partial charge in [-0.25, -0.2) is 4.98 Å². The lowest BCUT2D eigenvalue weighted by atomic mass is 9.71. The molecule has 0 saturated heterocycles. The van der Waals surface area contributed by atoms with Gasteiger partial charge < -0.3 is 14.8 Å². The molecule has 148 valence electrons. The Hall–Kier alpha value is -2.63. The molecule has 1 aromatic carbocycles. The van der Waals surface area contributed by atoms with Crippen LogP contribution in [0.4, 0.5) is 0 Å². The van der Waals surface area contributed by atoms with Crippen LogP contribution < -0.4 is 5.32 Å². The van der Waals surface area contributed by atoms with Crippen LogP contribution in [0, 0.1) is 5.41 Å². The third-order valence-corrected chi connectivity index (χ3v) is 6.12. The van der Waals surface area contributed by atoms with Crippen molar-refractivity contribution < 1.29 is 9.59 Å². The Morgan fingerprint density at radius 3 is 2.75 bits per heavy atom. The maximum atomic E-state index is 12.8. The Kier molecular flexibility index (Phi) is 5.46. The fraction of sp³-hybridized carbons (Fsp3) is 0.500. The predicted molar refractivity (Wildman–Crippen MR) is 107 cm³/mol. The average Bonchev–Trinajstić information content (AvgIpc) is 3.31. The first-order valence-corrected chi connectivity index (χ1v) is 10.2. The van der Waals surface area contributed by atoms with Crippen molar-refractivity contribution in [2.24, 2.45) is 5.41 Å². The molecule has 6 nitrogen and oxygen atoms in total. The average molecular weight is 380 g/mol. The molecule has 1 aliphatic heterocycles. The topological polar surface area (TPSA) is 67.2 Å². The number of amides is 2. The van der Waals surface area contributed by atoms with E-state index in [1.54, 1.807) is 12.5 Å². The monoisotopic (exact) mass is 380 g/mol. The Bertz CT molecular complexity index is 825. The first-order valence-electron chi connectivity index (χ1n) is 10.2. The zero-order valence-corrected chi connectivity index (χ0v) is 16.3. The summed E-state index contributed by atoms with van der Waals surface area (Å²) in [7, 11) is 0. The molecule has 1 aliphatic carbocycles. The van der Waals surface area contributed by atoms with Crippen molar-refractivity contribution in [2.75, 3.05) is 13.1 Å². The molecule has 2 aliphatic rings. The van der Waals surface area contributed by atoms with E-state index >= 15 is 0 Å². The predicted octanol–water partition coefficient (Wildman–Crippen LogP) is 3.00. The van der Waals surface area contributed by atoms with Crippen LogP contribution >= 0.6 is 0 Å². The summed E-state index contributed by atoms with van der Waals surface area (Å²) in [4.78, 5) is 31.5. The van der Waals surface area contributed by atoms with E-state index in [2.05, 4.69) is 10.3 Å². The largest absolute Gasteiger partial charge is 0.354 e. The van der Waals surface area contributed by atoms with Crippen molar-refractivity contribution in [1.82, 2.24) is 19.8 Å². The molecular weight excluding hydrogens is 352 g/mol. The fourth-order valence-electron chi connectivity index (χ4n) is 4.69. The number of benzene rings is 1. The highest BCUT2D eigenvalue weighted by molar-refractivity contribution is 5.98. The minimum Gasteiger partial charge on any atom is -0.354 e. The first kappa shape index (κ1) is 18.7. The van der Waals surface area contributed by atoms with E-state index in [1.165, 1.54) is 6.42 Å². The molecule has 2 heterocycles. The van der Waals surface area contributed by atoms with Crippen LogP contribution in [0.5, 0.6) is 0 Å². The Morgan fingerprint density at radius 2 is 2.00 bits per heavy atom. The summed E-state index contributed by atoms with van der Waals surface area (Å²) in [6.45, 7) is 2.66.